The molecule has 12 heavy (non-hydrogen) atoms. The summed E-state index contributed by atoms with van der Waals surface area (Å²) in [6, 6.07) is 0. The number of amides is 2. The first-order chi connectivity index (χ1) is 5.63. The fourth-order valence-corrected chi connectivity index (χ4v) is 0.998. The standard InChI is InChI=1S/C7H9N3O2/c8-6(11)4-1-2-10-3-5(4)7(9)12/h1-2,4-5,10H,(H2,8,11)(H2,9,12). The Bertz CT molecular complexity index is 237. The van der Waals surface area contributed by atoms with E-state index in [0.717, 1.165) is 0 Å². The average Bonchev–Trinajstić information content (AvgIpc) is 2.04. The predicted molar refractivity (Wildman–Crippen MR) is 40.9 cm³/mol. The van der Waals surface area contributed by atoms with Crippen molar-refractivity contribution in [3.05, 3.63) is 18.8 Å². The summed E-state index contributed by atoms with van der Waals surface area (Å²) in [6.07, 6.45) is 2.99. The molecule has 0 fully saturated rings. The summed E-state index contributed by atoms with van der Waals surface area (Å²) in [5.74, 6) is -2.64. The molecule has 2 amide bonds. The second-order valence-corrected chi connectivity index (χ2v) is 2.46. The summed E-state index contributed by atoms with van der Waals surface area (Å²) in [5.41, 5.74) is 10.0. The molecule has 0 aromatic carbocycles. The maximum absolute atomic E-state index is 10.8. The van der Waals surface area contributed by atoms with Crippen LogP contribution in [0.3, 0.4) is 0 Å². The Labute approximate surface area is 69.8 Å². The lowest BCUT2D eigenvalue weighted by Crippen LogP contribution is -2.41. The van der Waals surface area contributed by atoms with E-state index in [-0.39, 0.29) is 0 Å². The van der Waals surface area contributed by atoms with Crippen LogP contribution in [0.2, 0.25) is 0 Å². The lowest BCUT2D eigenvalue weighted by atomic mass is 9.89. The molecule has 0 saturated heterocycles. The summed E-state index contributed by atoms with van der Waals surface area (Å²) in [5, 5.41) is 2.56. The van der Waals surface area contributed by atoms with Crippen molar-refractivity contribution in [3.8, 4) is 0 Å². The molecule has 0 saturated carbocycles. The van der Waals surface area contributed by atoms with Crippen LogP contribution in [0.4, 0.5) is 0 Å². The summed E-state index contributed by atoms with van der Waals surface area (Å²) in [6.45, 7) is 2.54. The highest BCUT2D eigenvalue weighted by Gasteiger charge is 2.31. The topological polar surface area (TPSA) is 98.2 Å². The first-order valence-electron chi connectivity index (χ1n) is 3.39. The van der Waals surface area contributed by atoms with Gasteiger partial charge in [-0.05, 0) is 6.20 Å². The van der Waals surface area contributed by atoms with Crippen LogP contribution in [-0.2, 0) is 9.59 Å². The lowest BCUT2D eigenvalue weighted by Gasteiger charge is -2.21. The Morgan fingerprint density at radius 2 is 2.00 bits per heavy atom. The maximum atomic E-state index is 10.8. The lowest BCUT2D eigenvalue weighted by molar-refractivity contribution is -0.129. The molecule has 0 aliphatic carbocycles. The number of carbonyl (C=O) groups excluding carboxylic acids is 2. The second kappa shape index (κ2) is 3.25. The second-order valence-electron chi connectivity index (χ2n) is 2.46. The smallest absolute Gasteiger partial charge is 0.225 e. The van der Waals surface area contributed by atoms with E-state index < -0.39 is 23.7 Å². The zero-order valence-corrected chi connectivity index (χ0v) is 6.28. The molecule has 0 spiro atoms. The van der Waals surface area contributed by atoms with Crippen molar-refractivity contribution in [1.82, 2.24) is 5.32 Å². The molecule has 5 N–H and O–H groups in total. The molecule has 0 aromatic heterocycles. The Morgan fingerprint density at radius 3 is 2.42 bits per heavy atom. The summed E-state index contributed by atoms with van der Waals surface area (Å²) in [4.78, 5) is 21.5. The highest BCUT2D eigenvalue weighted by atomic mass is 16.2. The Morgan fingerprint density at radius 1 is 1.33 bits per heavy atom. The zero-order chi connectivity index (χ0) is 9.14. The molecule has 5 heteroatoms. The van der Waals surface area contributed by atoms with Crippen LogP contribution in [0.15, 0.2) is 12.3 Å². The van der Waals surface area contributed by atoms with Gasteiger partial charge in [-0.2, -0.15) is 0 Å². The molecule has 1 aliphatic rings. The van der Waals surface area contributed by atoms with Crippen LogP contribution in [0.1, 0.15) is 0 Å². The monoisotopic (exact) mass is 167 g/mol. The Kier molecular flexibility index (Phi) is 2.32. The van der Waals surface area contributed by atoms with Crippen molar-refractivity contribution in [3.63, 3.8) is 0 Å². The van der Waals surface area contributed by atoms with Crippen LogP contribution in [0.25, 0.3) is 0 Å². The molecule has 2 unspecified atom stereocenters. The molecule has 5 nitrogen and oxygen atoms in total. The van der Waals surface area contributed by atoms with Gasteiger partial charge in [-0.3, -0.25) is 9.59 Å². The quantitative estimate of drug-likeness (QED) is 0.459. The van der Waals surface area contributed by atoms with Crippen molar-refractivity contribution in [2.75, 3.05) is 0 Å². The van der Waals surface area contributed by atoms with Crippen molar-refractivity contribution in [1.29, 1.82) is 0 Å². The third-order valence-electron chi connectivity index (χ3n) is 1.62. The van der Waals surface area contributed by atoms with Gasteiger partial charge in [0.25, 0.3) is 0 Å². The third kappa shape index (κ3) is 1.55. The highest BCUT2D eigenvalue weighted by molar-refractivity contribution is 5.88. The van der Waals surface area contributed by atoms with Gasteiger partial charge in [-0.25, -0.2) is 0 Å². The van der Waals surface area contributed by atoms with E-state index in [1.54, 1.807) is 0 Å². The molecule has 1 aliphatic heterocycles. The fourth-order valence-electron chi connectivity index (χ4n) is 0.998. The fraction of sp³-hybridized carbons (Fsp3) is 0.286. The summed E-state index contributed by atoms with van der Waals surface area (Å²) >= 11 is 0. The Balaban J connectivity index is 2.79. The highest BCUT2D eigenvalue weighted by Crippen LogP contribution is 2.17. The van der Waals surface area contributed by atoms with Crippen molar-refractivity contribution in [2.24, 2.45) is 23.3 Å². The van der Waals surface area contributed by atoms with Crippen molar-refractivity contribution >= 4 is 11.8 Å². The van der Waals surface area contributed by atoms with Gasteiger partial charge in [0.1, 0.15) is 6.54 Å². The summed E-state index contributed by atoms with van der Waals surface area (Å²) < 4.78 is 0. The number of hydrogen-bond acceptors (Lipinski definition) is 3. The van der Waals surface area contributed by atoms with E-state index in [1.807, 2.05) is 0 Å². The van der Waals surface area contributed by atoms with Gasteiger partial charge < -0.3 is 16.8 Å². The van der Waals surface area contributed by atoms with Gasteiger partial charge in [0.2, 0.25) is 11.8 Å². The van der Waals surface area contributed by atoms with E-state index in [0.29, 0.717) is 0 Å². The van der Waals surface area contributed by atoms with Crippen LogP contribution < -0.4 is 16.8 Å². The number of primary amides is 2. The van der Waals surface area contributed by atoms with Gasteiger partial charge in [0, 0.05) is 0 Å². The van der Waals surface area contributed by atoms with E-state index >= 15 is 0 Å². The number of nitrogens with two attached hydrogens (primary N) is 2. The SMILES string of the molecule is NC(=O)C1[C]NC=CC1C(N)=O. The van der Waals surface area contributed by atoms with Crippen LogP contribution in [0, 0.1) is 18.4 Å². The number of carbonyl (C=O) groups is 2. The zero-order valence-electron chi connectivity index (χ0n) is 6.28. The minimum absolute atomic E-state index is 0.580. The molecule has 64 valence electrons. The molecule has 0 aromatic rings. The molecule has 1 heterocycles. The summed E-state index contributed by atoms with van der Waals surface area (Å²) in [7, 11) is 0. The minimum atomic E-state index is -0.771. The Hall–Kier alpha value is -1.52. The molecule has 1 rings (SSSR count). The van der Waals surface area contributed by atoms with Gasteiger partial charge in [0.05, 0.1) is 11.8 Å². The molecular formula is C7H9N3O2. The van der Waals surface area contributed by atoms with Gasteiger partial charge in [-0.1, -0.05) is 6.08 Å². The van der Waals surface area contributed by atoms with E-state index in [2.05, 4.69) is 11.9 Å². The van der Waals surface area contributed by atoms with Gasteiger partial charge in [-0.15, -0.1) is 0 Å². The third-order valence-corrected chi connectivity index (χ3v) is 1.62. The first kappa shape index (κ1) is 8.58. The van der Waals surface area contributed by atoms with E-state index in [4.69, 9.17) is 11.5 Å². The van der Waals surface area contributed by atoms with Gasteiger partial charge >= 0.3 is 0 Å². The van der Waals surface area contributed by atoms with Crippen LogP contribution >= 0.6 is 0 Å². The largest absolute Gasteiger partial charge is 0.380 e. The number of rotatable bonds is 2. The van der Waals surface area contributed by atoms with Gasteiger partial charge in [0.15, 0.2) is 0 Å². The number of nitrogens with one attached hydrogen (secondary N) is 1. The predicted octanol–water partition coefficient (Wildman–Crippen LogP) is -1.65. The van der Waals surface area contributed by atoms with Crippen LogP contribution in [0.5, 0.6) is 0 Å². The molecule has 2 radical (unpaired) electrons. The first-order valence-corrected chi connectivity index (χ1v) is 3.39. The normalized spacial score (nSPS) is 27.7. The van der Waals surface area contributed by atoms with E-state index in [1.165, 1.54) is 12.3 Å². The minimum Gasteiger partial charge on any atom is -0.380 e. The average molecular weight is 167 g/mol. The van der Waals surface area contributed by atoms with Crippen LogP contribution in [-0.4, -0.2) is 11.8 Å². The number of hydrogen-bond donors (Lipinski definition) is 3. The van der Waals surface area contributed by atoms with E-state index in [9.17, 15) is 9.59 Å². The molecule has 2 atom stereocenters. The van der Waals surface area contributed by atoms with Crippen molar-refractivity contribution < 1.29 is 9.59 Å². The maximum Gasteiger partial charge on any atom is 0.225 e. The van der Waals surface area contributed by atoms with Crippen molar-refractivity contribution in [2.45, 2.75) is 0 Å². The molecule has 0 bridgehead atoms. The molecular weight excluding hydrogens is 158 g/mol.